The van der Waals surface area contributed by atoms with Crippen LogP contribution >= 0.6 is 15.9 Å². The molecular weight excluding hydrogens is 270 g/mol. The summed E-state index contributed by atoms with van der Waals surface area (Å²) in [5, 5.41) is 0. The first-order valence-corrected chi connectivity index (χ1v) is 5.53. The number of nitrogens with two attached hydrogens (primary N) is 1. The molecule has 0 bridgehead atoms. The number of nitrogen functional groups attached to an aromatic ring is 1. The van der Waals surface area contributed by atoms with Gasteiger partial charge in [-0.1, -0.05) is 27.8 Å². The van der Waals surface area contributed by atoms with Crippen molar-refractivity contribution in [3.63, 3.8) is 0 Å². The SMILES string of the molecule is COC(=O)CCC#Cc1cc(Br)ccc1N. The number of carbonyl (C=O) groups is 1. The third kappa shape index (κ3) is 3.95. The summed E-state index contributed by atoms with van der Waals surface area (Å²) in [6.45, 7) is 0. The second kappa shape index (κ2) is 6.19. The number of methoxy groups -OCH3 is 1. The van der Waals surface area contributed by atoms with Crippen molar-refractivity contribution in [2.24, 2.45) is 0 Å². The summed E-state index contributed by atoms with van der Waals surface area (Å²) in [5.74, 6) is 5.55. The highest BCUT2D eigenvalue weighted by molar-refractivity contribution is 9.10. The van der Waals surface area contributed by atoms with Gasteiger partial charge in [0.1, 0.15) is 0 Å². The van der Waals surface area contributed by atoms with Crippen LogP contribution in [-0.2, 0) is 9.53 Å². The lowest BCUT2D eigenvalue weighted by molar-refractivity contribution is -0.140. The highest BCUT2D eigenvalue weighted by Crippen LogP contribution is 2.17. The molecule has 1 rings (SSSR count). The van der Waals surface area contributed by atoms with Crippen molar-refractivity contribution in [1.29, 1.82) is 0 Å². The normalized spacial score (nSPS) is 9.12. The van der Waals surface area contributed by atoms with Gasteiger partial charge in [0, 0.05) is 22.1 Å². The maximum absolute atomic E-state index is 10.8. The summed E-state index contributed by atoms with van der Waals surface area (Å²) >= 11 is 3.34. The van der Waals surface area contributed by atoms with Crippen LogP contribution < -0.4 is 5.73 Å². The summed E-state index contributed by atoms with van der Waals surface area (Å²) in [5.41, 5.74) is 7.14. The number of hydrogen-bond donors (Lipinski definition) is 1. The van der Waals surface area contributed by atoms with Crippen LogP contribution in [0.4, 0.5) is 5.69 Å². The van der Waals surface area contributed by atoms with Crippen LogP contribution in [0.3, 0.4) is 0 Å². The van der Waals surface area contributed by atoms with Gasteiger partial charge in [-0.15, -0.1) is 0 Å². The molecular formula is C12H12BrNO2. The van der Waals surface area contributed by atoms with E-state index < -0.39 is 0 Å². The molecule has 0 radical (unpaired) electrons. The summed E-state index contributed by atoms with van der Waals surface area (Å²) < 4.78 is 5.44. The maximum Gasteiger partial charge on any atom is 0.306 e. The Morgan fingerprint density at radius 2 is 2.31 bits per heavy atom. The van der Waals surface area contributed by atoms with Crippen LogP contribution in [0.5, 0.6) is 0 Å². The van der Waals surface area contributed by atoms with E-state index in [-0.39, 0.29) is 5.97 Å². The van der Waals surface area contributed by atoms with Crippen LogP contribution in [-0.4, -0.2) is 13.1 Å². The number of halogens is 1. The Labute approximate surface area is 103 Å². The Bertz CT molecular complexity index is 446. The zero-order chi connectivity index (χ0) is 12.0. The van der Waals surface area contributed by atoms with Gasteiger partial charge in [-0.25, -0.2) is 0 Å². The molecule has 3 nitrogen and oxygen atoms in total. The van der Waals surface area contributed by atoms with E-state index in [0.29, 0.717) is 18.5 Å². The van der Waals surface area contributed by atoms with Gasteiger partial charge >= 0.3 is 5.97 Å². The van der Waals surface area contributed by atoms with E-state index in [1.165, 1.54) is 7.11 Å². The Morgan fingerprint density at radius 3 is 3.00 bits per heavy atom. The van der Waals surface area contributed by atoms with Crippen molar-refractivity contribution < 1.29 is 9.53 Å². The molecule has 0 unspecified atom stereocenters. The Hall–Kier alpha value is -1.47. The Balaban J connectivity index is 2.62. The van der Waals surface area contributed by atoms with E-state index in [2.05, 4.69) is 32.5 Å². The predicted molar refractivity (Wildman–Crippen MR) is 66.7 cm³/mol. The molecule has 0 aliphatic heterocycles. The van der Waals surface area contributed by atoms with Gasteiger partial charge in [0.15, 0.2) is 0 Å². The summed E-state index contributed by atoms with van der Waals surface area (Å²) in [4.78, 5) is 10.8. The number of anilines is 1. The number of benzene rings is 1. The van der Waals surface area contributed by atoms with E-state index in [9.17, 15) is 4.79 Å². The maximum atomic E-state index is 10.8. The summed E-state index contributed by atoms with van der Waals surface area (Å²) in [7, 11) is 1.36. The van der Waals surface area contributed by atoms with E-state index in [1.54, 1.807) is 6.07 Å². The first-order valence-electron chi connectivity index (χ1n) is 4.74. The lowest BCUT2D eigenvalue weighted by atomic mass is 10.2. The molecule has 1 aromatic rings. The van der Waals surface area contributed by atoms with Crippen molar-refractivity contribution in [2.45, 2.75) is 12.8 Å². The van der Waals surface area contributed by atoms with Crippen LogP contribution in [0.25, 0.3) is 0 Å². The molecule has 0 amide bonds. The molecule has 0 fully saturated rings. The second-order valence-electron chi connectivity index (χ2n) is 3.11. The van der Waals surface area contributed by atoms with Crippen molar-refractivity contribution in [1.82, 2.24) is 0 Å². The zero-order valence-corrected chi connectivity index (χ0v) is 10.5. The Morgan fingerprint density at radius 1 is 1.56 bits per heavy atom. The molecule has 0 heterocycles. The Kier molecular flexibility index (Phi) is 4.87. The standard InChI is InChI=1S/C12H12BrNO2/c1-16-12(15)5-3-2-4-9-8-10(13)6-7-11(9)14/h6-8H,3,5,14H2,1H3. The van der Waals surface area contributed by atoms with Crippen molar-refractivity contribution in [3.05, 3.63) is 28.2 Å². The van der Waals surface area contributed by atoms with Gasteiger partial charge in [0.05, 0.1) is 13.5 Å². The minimum absolute atomic E-state index is 0.253. The number of esters is 1. The first kappa shape index (κ1) is 12.6. The van der Waals surface area contributed by atoms with E-state index in [4.69, 9.17) is 5.73 Å². The molecule has 0 aromatic heterocycles. The predicted octanol–water partition coefficient (Wildman–Crippen LogP) is 2.34. The zero-order valence-electron chi connectivity index (χ0n) is 8.92. The second-order valence-corrected chi connectivity index (χ2v) is 4.03. The number of carbonyl (C=O) groups excluding carboxylic acids is 1. The van der Waals surface area contributed by atoms with Gasteiger partial charge < -0.3 is 10.5 Å². The van der Waals surface area contributed by atoms with Crippen molar-refractivity contribution in [2.75, 3.05) is 12.8 Å². The molecule has 16 heavy (non-hydrogen) atoms. The molecule has 0 spiro atoms. The molecule has 0 aliphatic carbocycles. The van der Waals surface area contributed by atoms with Crippen molar-refractivity contribution >= 4 is 27.6 Å². The summed E-state index contributed by atoms with van der Waals surface area (Å²) in [6, 6.07) is 5.49. The highest BCUT2D eigenvalue weighted by atomic mass is 79.9. The third-order valence-electron chi connectivity index (χ3n) is 1.92. The molecule has 84 valence electrons. The minimum atomic E-state index is -0.253. The number of hydrogen-bond acceptors (Lipinski definition) is 3. The summed E-state index contributed by atoms with van der Waals surface area (Å²) in [6.07, 6.45) is 0.774. The van der Waals surface area contributed by atoms with Gasteiger partial charge in [-0.2, -0.15) is 0 Å². The highest BCUT2D eigenvalue weighted by Gasteiger charge is 1.97. The molecule has 0 aliphatic rings. The lowest BCUT2D eigenvalue weighted by Gasteiger charge is -1.98. The molecule has 4 heteroatoms. The van der Waals surface area contributed by atoms with Gasteiger partial charge in [-0.05, 0) is 18.2 Å². The average molecular weight is 282 g/mol. The first-order chi connectivity index (χ1) is 7.63. The van der Waals surface area contributed by atoms with Gasteiger partial charge in [-0.3, -0.25) is 4.79 Å². The van der Waals surface area contributed by atoms with E-state index in [1.807, 2.05) is 12.1 Å². The third-order valence-corrected chi connectivity index (χ3v) is 2.41. The topological polar surface area (TPSA) is 52.3 Å². The van der Waals surface area contributed by atoms with Crippen LogP contribution in [0.2, 0.25) is 0 Å². The average Bonchev–Trinajstić information content (AvgIpc) is 2.28. The molecule has 0 saturated carbocycles. The molecule has 2 N–H and O–H groups in total. The quantitative estimate of drug-likeness (QED) is 0.514. The fourth-order valence-electron chi connectivity index (χ4n) is 1.06. The molecule has 1 aromatic carbocycles. The largest absolute Gasteiger partial charge is 0.469 e. The lowest BCUT2D eigenvalue weighted by Crippen LogP contribution is -1.98. The van der Waals surface area contributed by atoms with E-state index >= 15 is 0 Å². The van der Waals surface area contributed by atoms with Crippen LogP contribution in [0.15, 0.2) is 22.7 Å². The van der Waals surface area contributed by atoms with E-state index in [0.717, 1.165) is 10.0 Å². The molecule has 0 atom stereocenters. The minimum Gasteiger partial charge on any atom is -0.469 e. The number of ether oxygens (including phenoxy) is 1. The monoisotopic (exact) mass is 281 g/mol. The van der Waals surface area contributed by atoms with Crippen molar-refractivity contribution in [3.8, 4) is 11.8 Å². The van der Waals surface area contributed by atoms with Crippen LogP contribution in [0, 0.1) is 11.8 Å². The van der Waals surface area contributed by atoms with Crippen LogP contribution in [0.1, 0.15) is 18.4 Å². The number of rotatable bonds is 2. The fourth-order valence-corrected chi connectivity index (χ4v) is 1.42. The van der Waals surface area contributed by atoms with Gasteiger partial charge in [0.2, 0.25) is 0 Å². The molecule has 0 saturated heterocycles. The van der Waals surface area contributed by atoms with Gasteiger partial charge in [0.25, 0.3) is 0 Å². The fraction of sp³-hybridized carbons (Fsp3) is 0.250. The smallest absolute Gasteiger partial charge is 0.306 e.